The monoisotopic (exact) mass is 261 g/mol. The quantitative estimate of drug-likeness (QED) is 0.835. The van der Waals surface area contributed by atoms with Crippen molar-refractivity contribution < 1.29 is 4.79 Å². The minimum absolute atomic E-state index is 0.207. The maximum absolute atomic E-state index is 12.1. The van der Waals surface area contributed by atoms with Gasteiger partial charge in [-0.2, -0.15) is 0 Å². The van der Waals surface area contributed by atoms with Crippen molar-refractivity contribution in [2.45, 2.75) is 6.92 Å². The van der Waals surface area contributed by atoms with Crippen LogP contribution >= 0.6 is 11.6 Å². The van der Waals surface area contributed by atoms with Crippen molar-refractivity contribution in [1.29, 1.82) is 0 Å². The number of halogens is 1. The number of anilines is 1. The number of aromatic nitrogens is 2. The summed E-state index contributed by atoms with van der Waals surface area (Å²) in [7, 11) is 1.69. The predicted octanol–water partition coefficient (Wildman–Crippen LogP) is 2.72. The van der Waals surface area contributed by atoms with Crippen molar-refractivity contribution in [3.63, 3.8) is 0 Å². The van der Waals surface area contributed by atoms with E-state index in [4.69, 9.17) is 11.6 Å². The van der Waals surface area contributed by atoms with E-state index in [1.165, 1.54) is 17.3 Å². The first-order valence-electron chi connectivity index (χ1n) is 5.40. The van der Waals surface area contributed by atoms with Crippen LogP contribution in [0, 0.1) is 6.92 Å². The highest BCUT2D eigenvalue weighted by Crippen LogP contribution is 2.15. The van der Waals surface area contributed by atoms with Crippen molar-refractivity contribution >= 4 is 23.2 Å². The van der Waals surface area contributed by atoms with Crippen molar-refractivity contribution in [3.05, 3.63) is 53.1 Å². The average molecular weight is 262 g/mol. The second-order valence-corrected chi connectivity index (χ2v) is 4.31. The minimum Gasteiger partial charge on any atom is -0.310 e. The Bertz CT molecular complexity index is 569. The number of hydrogen-bond acceptors (Lipinski definition) is 3. The minimum atomic E-state index is -0.242. The molecule has 1 aromatic heterocycles. The molecule has 0 aliphatic carbocycles. The average Bonchev–Trinajstić information content (AvgIpc) is 2.38. The number of aryl methyl sites for hydroxylation is 1. The number of hydrogen-bond donors (Lipinski definition) is 0. The number of carbonyl (C=O) groups is 1. The summed E-state index contributed by atoms with van der Waals surface area (Å²) in [5.74, 6) is -0.242. The number of amides is 1. The van der Waals surface area contributed by atoms with E-state index in [-0.39, 0.29) is 16.8 Å². The lowest BCUT2D eigenvalue weighted by Crippen LogP contribution is -2.27. The zero-order chi connectivity index (χ0) is 13.1. The van der Waals surface area contributed by atoms with Gasteiger partial charge in [0.15, 0.2) is 0 Å². The lowest BCUT2D eigenvalue weighted by Gasteiger charge is -2.16. The van der Waals surface area contributed by atoms with Gasteiger partial charge in [-0.05, 0) is 19.1 Å². The Balaban J connectivity index is 2.26. The van der Waals surface area contributed by atoms with E-state index in [9.17, 15) is 4.79 Å². The van der Waals surface area contributed by atoms with Crippen molar-refractivity contribution in [3.8, 4) is 0 Å². The molecule has 0 unspecified atom stereocenters. The topological polar surface area (TPSA) is 46.1 Å². The van der Waals surface area contributed by atoms with Crippen LogP contribution in [0.25, 0.3) is 0 Å². The third kappa shape index (κ3) is 2.65. The van der Waals surface area contributed by atoms with Crippen LogP contribution in [0.1, 0.15) is 16.1 Å². The molecule has 1 heterocycles. The molecule has 0 spiro atoms. The smallest absolute Gasteiger partial charge is 0.278 e. The van der Waals surface area contributed by atoms with Gasteiger partial charge in [-0.3, -0.25) is 9.78 Å². The molecule has 18 heavy (non-hydrogen) atoms. The molecule has 1 amide bonds. The molecular formula is C13H12ClN3O. The predicted molar refractivity (Wildman–Crippen MR) is 71.0 cm³/mol. The molecule has 0 aliphatic rings. The molecule has 5 heteroatoms. The van der Waals surface area contributed by atoms with E-state index >= 15 is 0 Å². The Labute approximate surface area is 110 Å². The molecule has 0 bridgehead atoms. The zero-order valence-electron chi connectivity index (χ0n) is 10.1. The Kier molecular flexibility index (Phi) is 3.58. The van der Waals surface area contributed by atoms with E-state index in [1.807, 2.05) is 31.2 Å². The van der Waals surface area contributed by atoms with Crippen LogP contribution in [-0.2, 0) is 0 Å². The van der Waals surface area contributed by atoms with Gasteiger partial charge in [0.25, 0.3) is 5.91 Å². The van der Waals surface area contributed by atoms with Gasteiger partial charge in [-0.15, -0.1) is 0 Å². The van der Waals surface area contributed by atoms with Gasteiger partial charge >= 0.3 is 0 Å². The standard InChI is InChI=1S/C13H12ClN3O/c1-9-3-5-10(6-4-9)17(2)13(18)11-7-15-8-12(14)16-11/h3-8H,1-2H3. The molecular weight excluding hydrogens is 250 g/mol. The summed E-state index contributed by atoms with van der Waals surface area (Å²) in [4.78, 5) is 21.5. The molecule has 4 nitrogen and oxygen atoms in total. The van der Waals surface area contributed by atoms with E-state index in [2.05, 4.69) is 9.97 Å². The van der Waals surface area contributed by atoms with E-state index < -0.39 is 0 Å². The molecule has 0 atom stereocenters. The summed E-state index contributed by atoms with van der Waals surface area (Å²) < 4.78 is 0. The molecule has 0 fully saturated rings. The molecule has 2 aromatic rings. The second kappa shape index (κ2) is 5.14. The van der Waals surface area contributed by atoms with Crippen molar-refractivity contribution in [1.82, 2.24) is 9.97 Å². The number of nitrogens with zero attached hydrogens (tertiary/aromatic N) is 3. The molecule has 0 saturated carbocycles. The molecule has 92 valence electrons. The first kappa shape index (κ1) is 12.5. The summed E-state index contributed by atoms with van der Waals surface area (Å²) in [6.45, 7) is 1.99. The highest BCUT2D eigenvalue weighted by molar-refractivity contribution is 6.29. The summed E-state index contributed by atoms with van der Waals surface area (Å²) in [5, 5.41) is 0.207. The first-order valence-corrected chi connectivity index (χ1v) is 5.78. The van der Waals surface area contributed by atoms with E-state index in [1.54, 1.807) is 7.05 Å². The largest absolute Gasteiger partial charge is 0.310 e. The highest BCUT2D eigenvalue weighted by Gasteiger charge is 2.15. The van der Waals surface area contributed by atoms with E-state index in [0.717, 1.165) is 11.3 Å². The number of rotatable bonds is 2. The molecule has 0 radical (unpaired) electrons. The van der Waals surface area contributed by atoms with Gasteiger partial charge in [0.2, 0.25) is 0 Å². The van der Waals surface area contributed by atoms with Crippen LogP contribution < -0.4 is 4.90 Å². The summed E-state index contributed by atoms with van der Waals surface area (Å²) in [5.41, 5.74) is 2.17. The fourth-order valence-electron chi connectivity index (χ4n) is 1.50. The Morgan fingerprint density at radius 2 is 1.89 bits per heavy atom. The van der Waals surface area contributed by atoms with Gasteiger partial charge in [-0.25, -0.2) is 4.98 Å². The first-order chi connectivity index (χ1) is 8.58. The molecule has 1 aromatic carbocycles. The maximum Gasteiger partial charge on any atom is 0.278 e. The van der Waals surface area contributed by atoms with Crippen LogP contribution in [0.5, 0.6) is 0 Å². The lowest BCUT2D eigenvalue weighted by atomic mass is 10.2. The fourth-order valence-corrected chi connectivity index (χ4v) is 1.65. The van der Waals surface area contributed by atoms with Gasteiger partial charge in [0.05, 0.1) is 12.4 Å². The normalized spacial score (nSPS) is 10.2. The van der Waals surface area contributed by atoms with Gasteiger partial charge < -0.3 is 4.90 Å². The lowest BCUT2D eigenvalue weighted by molar-refractivity contribution is 0.0988. The van der Waals surface area contributed by atoms with Crippen LogP contribution in [-0.4, -0.2) is 22.9 Å². The third-order valence-corrected chi connectivity index (χ3v) is 2.73. The number of carbonyl (C=O) groups excluding carboxylic acids is 1. The number of benzene rings is 1. The molecule has 2 rings (SSSR count). The summed E-state index contributed by atoms with van der Waals surface area (Å²) in [6, 6.07) is 7.65. The SMILES string of the molecule is Cc1ccc(N(C)C(=O)c2cncc(Cl)n2)cc1. The van der Waals surface area contributed by atoms with Crippen LogP contribution in [0.2, 0.25) is 5.15 Å². The fraction of sp³-hybridized carbons (Fsp3) is 0.154. The van der Waals surface area contributed by atoms with Crippen molar-refractivity contribution in [2.75, 3.05) is 11.9 Å². The second-order valence-electron chi connectivity index (χ2n) is 3.93. The van der Waals surface area contributed by atoms with Crippen molar-refractivity contribution in [2.24, 2.45) is 0 Å². The highest BCUT2D eigenvalue weighted by atomic mass is 35.5. The Morgan fingerprint density at radius 3 is 2.50 bits per heavy atom. The molecule has 0 N–H and O–H groups in total. The van der Waals surface area contributed by atoms with Crippen LogP contribution in [0.3, 0.4) is 0 Å². The zero-order valence-corrected chi connectivity index (χ0v) is 10.8. The van der Waals surface area contributed by atoms with Crippen LogP contribution in [0.15, 0.2) is 36.7 Å². The maximum atomic E-state index is 12.1. The molecule has 0 aliphatic heterocycles. The van der Waals surface area contributed by atoms with Gasteiger partial charge in [-0.1, -0.05) is 29.3 Å². The van der Waals surface area contributed by atoms with Gasteiger partial charge in [0, 0.05) is 12.7 Å². The van der Waals surface area contributed by atoms with Gasteiger partial charge in [0.1, 0.15) is 10.8 Å². The molecule has 0 saturated heterocycles. The Hall–Kier alpha value is -1.94. The third-order valence-electron chi connectivity index (χ3n) is 2.55. The van der Waals surface area contributed by atoms with Crippen LogP contribution in [0.4, 0.5) is 5.69 Å². The van der Waals surface area contributed by atoms with E-state index in [0.29, 0.717) is 0 Å². The summed E-state index contributed by atoms with van der Waals surface area (Å²) in [6.07, 6.45) is 2.79. The Morgan fingerprint density at radius 1 is 1.22 bits per heavy atom. The summed E-state index contributed by atoms with van der Waals surface area (Å²) >= 11 is 5.72.